The summed E-state index contributed by atoms with van der Waals surface area (Å²) in [5, 5.41) is 9.85. The molecule has 2 aromatic rings. The zero-order chi connectivity index (χ0) is 24.2. The van der Waals surface area contributed by atoms with Crippen LogP contribution in [0.4, 0.5) is 0 Å². The number of nitrogens with zero attached hydrogens (tertiary/aromatic N) is 3. The number of hydrogen-bond acceptors (Lipinski definition) is 5. The summed E-state index contributed by atoms with van der Waals surface area (Å²) >= 11 is 0. The third-order valence-corrected chi connectivity index (χ3v) is 6.51. The smallest absolute Gasteiger partial charge is 0.242 e. The van der Waals surface area contributed by atoms with Crippen LogP contribution in [0.25, 0.3) is 11.0 Å². The highest BCUT2D eigenvalue weighted by Crippen LogP contribution is 2.30. The minimum absolute atomic E-state index is 0.00339. The van der Waals surface area contributed by atoms with Gasteiger partial charge in [-0.1, -0.05) is 27.7 Å². The first kappa shape index (κ1) is 25.2. The maximum atomic E-state index is 13.5. The van der Waals surface area contributed by atoms with Crippen LogP contribution in [0.5, 0.6) is 5.75 Å². The average molecular weight is 458 g/mol. The first-order valence-electron chi connectivity index (χ1n) is 12.2. The van der Waals surface area contributed by atoms with Crippen molar-refractivity contribution < 1.29 is 19.4 Å². The molecule has 0 atom stereocenters. The van der Waals surface area contributed by atoms with Gasteiger partial charge in [0.25, 0.3) is 0 Å². The van der Waals surface area contributed by atoms with Crippen molar-refractivity contribution in [3.63, 3.8) is 0 Å². The van der Waals surface area contributed by atoms with Gasteiger partial charge in [-0.3, -0.25) is 9.59 Å². The number of benzene rings is 1. The Labute approximate surface area is 197 Å². The van der Waals surface area contributed by atoms with Gasteiger partial charge in [0, 0.05) is 25.1 Å². The fourth-order valence-electron chi connectivity index (χ4n) is 4.43. The number of Topliss-reactive ketones (excluding diaryl/α,β-unsaturated/α-hetero) is 1. The molecule has 182 valence electrons. The van der Waals surface area contributed by atoms with Gasteiger partial charge in [0.15, 0.2) is 5.82 Å². The summed E-state index contributed by atoms with van der Waals surface area (Å²) in [6.07, 6.45) is 4.00. The molecule has 7 nitrogen and oxygen atoms in total. The summed E-state index contributed by atoms with van der Waals surface area (Å²) in [4.78, 5) is 33.4. The fraction of sp³-hybridized carbons (Fsp3) is 0.654. The SMILES string of the molecule is CCCN(CCC(C)(C)C)C(=O)Cn1c(C(=O)[C@H]2CC[C@H](O)CC2)nc2ccc(OC)cc21. The van der Waals surface area contributed by atoms with E-state index in [0.717, 1.165) is 18.4 Å². The standard InChI is InChI=1S/C26H39N3O4/c1-6-14-28(15-13-26(2,3)4)23(31)17-29-22-16-20(33-5)11-12-21(22)27-25(29)24(32)18-7-9-19(30)10-8-18/h11-12,16,18-19,30H,6-10,13-15,17H2,1-5H3/t18-,19-. The van der Waals surface area contributed by atoms with E-state index in [4.69, 9.17) is 4.74 Å². The summed E-state index contributed by atoms with van der Waals surface area (Å²) in [7, 11) is 1.60. The molecule has 1 aliphatic rings. The van der Waals surface area contributed by atoms with Gasteiger partial charge < -0.3 is 19.3 Å². The van der Waals surface area contributed by atoms with E-state index in [2.05, 4.69) is 32.7 Å². The van der Waals surface area contributed by atoms with Crippen LogP contribution in [0, 0.1) is 11.3 Å². The Hall–Kier alpha value is -2.41. The minimum atomic E-state index is -0.330. The maximum absolute atomic E-state index is 13.5. The second kappa shape index (κ2) is 10.7. The highest BCUT2D eigenvalue weighted by molar-refractivity contribution is 5.99. The third-order valence-electron chi connectivity index (χ3n) is 6.51. The summed E-state index contributed by atoms with van der Waals surface area (Å²) in [6, 6.07) is 5.50. The predicted octanol–water partition coefficient (Wildman–Crippen LogP) is 4.45. The van der Waals surface area contributed by atoms with Gasteiger partial charge in [-0.25, -0.2) is 4.98 Å². The Morgan fingerprint density at radius 3 is 2.48 bits per heavy atom. The molecule has 1 aliphatic carbocycles. The van der Waals surface area contributed by atoms with E-state index in [-0.39, 0.29) is 35.7 Å². The van der Waals surface area contributed by atoms with E-state index in [9.17, 15) is 14.7 Å². The van der Waals surface area contributed by atoms with Crippen molar-refractivity contribution in [2.75, 3.05) is 20.2 Å². The molecular formula is C26H39N3O4. The molecule has 1 fully saturated rings. The first-order chi connectivity index (χ1) is 15.6. The molecule has 0 unspecified atom stereocenters. The van der Waals surface area contributed by atoms with Gasteiger partial charge in [0.1, 0.15) is 12.3 Å². The number of methoxy groups -OCH3 is 1. The van der Waals surface area contributed by atoms with Crippen LogP contribution in [0.1, 0.15) is 76.8 Å². The highest BCUT2D eigenvalue weighted by atomic mass is 16.5. The van der Waals surface area contributed by atoms with Crippen molar-refractivity contribution in [2.24, 2.45) is 11.3 Å². The number of aliphatic hydroxyl groups excluding tert-OH is 1. The number of aromatic nitrogens is 2. The molecular weight excluding hydrogens is 418 g/mol. The third kappa shape index (κ3) is 6.34. The largest absolute Gasteiger partial charge is 0.497 e. The van der Waals surface area contributed by atoms with Crippen LogP contribution < -0.4 is 4.74 Å². The molecule has 33 heavy (non-hydrogen) atoms. The van der Waals surface area contributed by atoms with Gasteiger partial charge in [-0.05, 0) is 56.1 Å². The van der Waals surface area contributed by atoms with Gasteiger partial charge in [0.05, 0.1) is 24.2 Å². The number of aliphatic hydroxyl groups is 1. The topological polar surface area (TPSA) is 84.7 Å². The lowest BCUT2D eigenvalue weighted by Gasteiger charge is -2.27. The van der Waals surface area contributed by atoms with E-state index in [1.165, 1.54) is 0 Å². The number of fused-ring (bicyclic) bond motifs is 1. The molecule has 1 heterocycles. The number of carbonyl (C=O) groups excluding carboxylic acids is 2. The summed E-state index contributed by atoms with van der Waals surface area (Å²) in [6.45, 7) is 10.1. The van der Waals surface area contributed by atoms with Crippen LogP contribution in [0.2, 0.25) is 0 Å². The van der Waals surface area contributed by atoms with Crippen LogP contribution in [0.15, 0.2) is 18.2 Å². The molecule has 0 spiro atoms. The quantitative estimate of drug-likeness (QED) is 0.562. The molecule has 0 bridgehead atoms. The number of amides is 1. The van der Waals surface area contributed by atoms with E-state index < -0.39 is 0 Å². The molecule has 1 aromatic carbocycles. The lowest BCUT2D eigenvalue weighted by Crippen LogP contribution is -2.37. The molecule has 1 aromatic heterocycles. The Morgan fingerprint density at radius 1 is 1.18 bits per heavy atom. The van der Waals surface area contributed by atoms with Crippen molar-refractivity contribution in [1.82, 2.24) is 14.5 Å². The second-order valence-corrected chi connectivity index (χ2v) is 10.4. The normalized spacial score (nSPS) is 19.0. The monoisotopic (exact) mass is 457 g/mol. The van der Waals surface area contributed by atoms with Gasteiger partial charge in [-0.15, -0.1) is 0 Å². The van der Waals surface area contributed by atoms with Crippen molar-refractivity contribution in [1.29, 1.82) is 0 Å². The summed E-state index contributed by atoms with van der Waals surface area (Å²) in [5.74, 6) is 0.779. The Bertz CT molecular complexity index is 968. The van der Waals surface area contributed by atoms with E-state index in [1.54, 1.807) is 11.7 Å². The van der Waals surface area contributed by atoms with Gasteiger partial charge >= 0.3 is 0 Å². The van der Waals surface area contributed by atoms with Crippen LogP contribution in [0.3, 0.4) is 0 Å². The van der Waals surface area contributed by atoms with Gasteiger partial charge in [-0.2, -0.15) is 0 Å². The number of imidazole rings is 1. The predicted molar refractivity (Wildman–Crippen MR) is 130 cm³/mol. The van der Waals surface area contributed by atoms with Crippen LogP contribution in [-0.2, 0) is 11.3 Å². The second-order valence-electron chi connectivity index (χ2n) is 10.4. The number of carbonyl (C=O) groups is 2. The minimum Gasteiger partial charge on any atom is -0.497 e. The lowest BCUT2D eigenvalue weighted by atomic mass is 9.84. The van der Waals surface area contributed by atoms with Crippen LogP contribution >= 0.6 is 0 Å². The van der Waals surface area contributed by atoms with Gasteiger partial charge in [0.2, 0.25) is 11.7 Å². The molecule has 0 radical (unpaired) electrons. The van der Waals surface area contributed by atoms with Crippen molar-refractivity contribution >= 4 is 22.7 Å². The number of ketones is 1. The Kier molecular flexibility index (Phi) is 8.16. The Balaban J connectivity index is 1.93. The molecule has 1 saturated carbocycles. The molecule has 0 saturated heterocycles. The first-order valence-corrected chi connectivity index (χ1v) is 12.2. The van der Waals surface area contributed by atoms with E-state index >= 15 is 0 Å². The Morgan fingerprint density at radius 2 is 1.88 bits per heavy atom. The van der Waals surface area contributed by atoms with Crippen molar-refractivity contribution in [2.45, 2.75) is 78.9 Å². The average Bonchev–Trinajstić information content (AvgIpc) is 3.13. The molecule has 3 rings (SSSR count). The zero-order valence-corrected chi connectivity index (χ0v) is 20.8. The fourth-order valence-corrected chi connectivity index (χ4v) is 4.43. The molecule has 0 aliphatic heterocycles. The van der Waals surface area contributed by atoms with Crippen molar-refractivity contribution in [3.05, 3.63) is 24.0 Å². The van der Waals surface area contributed by atoms with Crippen LogP contribution in [-0.4, -0.2) is 57.6 Å². The lowest BCUT2D eigenvalue weighted by molar-refractivity contribution is -0.132. The summed E-state index contributed by atoms with van der Waals surface area (Å²) < 4.78 is 7.16. The number of rotatable bonds is 9. The molecule has 1 amide bonds. The highest BCUT2D eigenvalue weighted by Gasteiger charge is 2.30. The molecule has 7 heteroatoms. The summed E-state index contributed by atoms with van der Waals surface area (Å²) in [5.41, 5.74) is 1.54. The molecule has 1 N–H and O–H groups in total. The maximum Gasteiger partial charge on any atom is 0.242 e. The number of hydrogen-bond donors (Lipinski definition) is 1. The van der Waals surface area contributed by atoms with Crippen molar-refractivity contribution in [3.8, 4) is 5.75 Å². The van der Waals surface area contributed by atoms with E-state index in [1.807, 2.05) is 23.1 Å². The number of ether oxygens (including phenoxy) is 1. The van der Waals surface area contributed by atoms with E-state index in [0.29, 0.717) is 55.9 Å². The zero-order valence-electron chi connectivity index (χ0n) is 20.8.